The van der Waals surface area contributed by atoms with Gasteiger partial charge in [0.15, 0.2) is 11.4 Å². The predicted octanol–water partition coefficient (Wildman–Crippen LogP) is 0.164. The third-order valence-corrected chi connectivity index (χ3v) is 3.84. The number of esters is 2. The van der Waals surface area contributed by atoms with Crippen LogP contribution in [0.4, 0.5) is 0 Å². The first kappa shape index (κ1) is 29.9. The lowest BCUT2D eigenvalue weighted by molar-refractivity contribution is -0.140. The number of allylic oxidation sites excluding steroid dienone is 2. The minimum absolute atomic E-state index is 0.0489. The van der Waals surface area contributed by atoms with Gasteiger partial charge >= 0.3 is 11.9 Å². The molecule has 0 spiro atoms. The maximum absolute atomic E-state index is 11.9. The SMILES string of the molecule is O=C=N/C(CCCCCC/C(N=C=O)=C(\N=C=O)C(=O)OCCO)=C(\N=C=O)C(=O)OCCO. The maximum Gasteiger partial charge on any atom is 0.359 e. The van der Waals surface area contributed by atoms with Crippen LogP contribution in [-0.2, 0) is 38.2 Å². The molecule has 14 heteroatoms. The second-order valence-corrected chi connectivity index (χ2v) is 6.04. The third kappa shape index (κ3) is 12.0. The van der Waals surface area contributed by atoms with Gasteiger partial charge < -0.3 is 19.7 Å². The summed E-state index contributed by atoms with van der Waals surface area (Å²) in [7, 11) is 0. The van der Waals surface area contributed by atoms with Crippen molar-refractivity contribution in [3.8, 4) is 0 Å². The van der Waals surface area contributed by atoms with E-state index in [1.54, 1.807) is 0 Å². The molecule has 0 saturated carbocycles. The highest BCUT2D eigenvalue weighted by Crippen LogP contribution is 2.20. The molecule has 2 N–H and O–H groups in total. The van der Waals surface area contributed by atoms with E-state index in [0.717, 1.165) is 0 Å². The molecule has 0 amide bonds. The smallest absolute Gasteiger partial charge is 0.359 e. The van der Waals surface area contributed by atoms with Crippen molar-refractivity contribution in [2.45, 2.75) is 38.5 Å². The second kappa shape index (κ2) is 19.5. The van der Waals surface area contributed by atoms with Gasteiger partial charge in [-0.2, -0.15) is 20.0 Å². The van der Waals surface area contributed by atoms with Gasteiger partial charge in [-0.3, -0.25) is 0 Å². The van der Waals surface area contributed by atoms with Gasteiger partial charge in [0, 0.05) is 0 Å². The van der Waals surface area contributed by atoms with Crippen LogP contribution in [-0.4, -0.2) is 72.9 Å². The van der Waals surface area contributed by atoms with Crippen LogP contribution in [0.3, 0.4) is 0 Å². The first-order valence-electron chi connectivity index (χ1n) is 9.84. The lowest BCUT2D eigenvalue weighted by Gasteiger charge is -2.07. The molecule has 0 aromatic heterocycles. The van der Waals surface area contributed by atoms with Crippen molar-refractivity contribution >= 4 is 36.3 Å². The van der Waals surface area contributed by atoms with Crippen LogP contribution in [0, 0.1) is 0 Å². The largest absolute Gasteiger partial charge is 0.458 e. The Balaban J connectivity index is 5.19. The minimum atomic E-state index is -1.07. The highest BCUT2D eigenvalue weighted by Gasteiger charge is 2.18. The number of rotatable bonds is 17. The number of isocyanates is 4. The van der Waals surface area contributed by atoms with Gasteiger partial charge in [0.1, 0.15) is 13.2 Å². The predicted molar refractivity (Wildman–Crippen MR) is 110 cm³/mol. The molecule has 14 nitrogen and oxygen atoms in total. The molecular formula is C20H22N4O10. The Kier molecular flexibility index (Phi) is 17.2. The molecular weight excluding hydrogens is 456 g/mol. The fraction of sp³-hybridized carbons (Fsp3) is 0.500. The van der Waals surface area contributed by atoms with Crippen molar-refractivity contribution < 1.29 is 48.5 Å². The van der Waals surface area contributed by atoms with Crippen molar-refractivity contribution in [3.63, 3.8) is 0 Å². The molecule has 0 aliphatic heterocycles. The number of aliphatic imine (C=N–C) groups is 4. The van der Waals surface area contributed by atoms with Crippen molar-refractivity contribution in [1.29, 1.82) is 0 Å². The number of carbonyl (C=O) groups is 2. The zero-order valence-corrected chi connectivity index (χ0v) is 18.0. The number of nitrogens with zero attached hydrogens (tertiary/aromatic N) is 4. The summed E-state index contributed by atoms with van der Waals surface area (Å²) in [5, 5.41) is 17.4. The second-order valence-electron chi connectivity index (χ2n) is 6.04. The van der Waals surface area contributed by atoms with Crippen LogP contribution in [0.1, 0.15) is 38.5 Å². The monoisotopic (exact) mass is 478 g/mol. The average molecular weight is 478 g/mol. The van der Waals surface area contributed by atoms with E-state index < -0.39 is 36.5 Å². The molecule has 0 fully saturated rings. The number of aliphatic hydroxyl groups excluding tert-OH is 2. The van der Waals surface area contributed by atoms with Gasteiger partial charge in [-0.25, -0.2) is 28.8 Å². The summed E-state index contributed by atoms with van der Waals surface area (Å²) < 4.78 is 9.34. The molecule has 0 atom stereocenters. The summed E-state index contributed by atoms with van der Waals surface area (Å²) in [4.78, 5) is 79.6. The standard InChI is InChI=1S/C20H22N4O10/c25-7-9-33-19(31)17(23-13-29)15(21-11-27)5-3-1-2-4-6-16(22-12-28)18(24-14-30)20(32)34-10-8-26/h25-26H,1-10H2/b17-15-,18-16+. The van der Waals surface area contributed by atoms with Gasteiger partial charge in [0.05, 0.1) is 24.6 Å². The Hall–Kier alpha value is -4.14. The third-order valence-electron chi connectivity index (χ3n) is 3.84. The van der Waals surface area contributed by atoms with Gasteiger partial charge in [0.2, 0.25) is 24.3 Å². The highest BCUT2D eigenvalue weighted by molar-refractivity contribution is 5.90. The van der Waals surface area contributed by atoms with Gasteiger partial charge in [0.25, 0.3) is 0 Å². The van der Waals surface area contributed by atoms with Crippen molar-refractivity contribution in [2.24, 2.45) is 20.0 Å². The summed E-state index contributed by atoms with van der Waals surface area (Å²) >= 11 is 0. The van der Waals surface area contributed by atoms with E-state index in [1.807, 2.05) is 0 Å². The lowest BCUT2D eigenvalue weighted by atomic mass is 10.1. The molecule has 182 valence electrons. The van der Waals surface area contributed by atoms with E-state index in [4.69, 9.17) is 10.2 Å². The molecule has 0 rings (SSSR count). The summed E-state index contributed by atoms with van der Waals surface area (Å²) in [6.45, 7) is -1.62. The van der Waals surface area contributed by atoms with Crippen LogP contribution in [0.25, 0.3) is 0 Å². The summed E-state index contributed by atoms with van der Waals surface area (Å²) in [5.41, 5.74) is -1.37. The van der Waals surface area contributed by atoms with E-state index in [1.165, 1.54) is 24.3 Å². The Morgan fingerprint density at radius 2 is 0.941 bits per heavy atom. The van der Waals surface area contributed by atoms with Crippen molar-refractivity contribution in [3.05, 3.63) is 22.8 Å². The quantitative estimate of drug-likeness (QED) is 0.0950. The van der Waals surface area contributed by atoms with Crippen LogP contribution in [0.15, 0.2) is 42.8 Å². The molecule has 0 aromatic carbocycles. The fourth-order valence-corrected chi connectivity index (χ4v) is 2.46. The Bertz CT molecular complexity index is 884. The Morgan fingerprint density at radius 1 is 0.588 bits per heavy atom. The van der Waals surface area contributed by atoms with Crippen LogP contribution < -0.4 is 0 Å². The topological polar surface area (TPSA) is 211 Å². The molecule has 0 heterocycles. The van der Waals surface area contributed by atoms with Crippen LogP contribution >= 0.6 is 0 Å². The molecule has 34 heavy (non-hydrogen) atoms. The number of carbonyl (C=O) groups excluding carboxylic acids is 6. The van der Waals surface area contributed by atoms with E-state index >= 15 is 0 Å². The van der Waals surface area contributed by atoms with Gasteiger partial charge in [-0.05, 0) is 25.7 Å². The van der Waals surface area contributed by atoms with Gasteiger partial charge in [-0.15, -0.1) is 0 Å². The number of aliphatic hydroxyl groups is 2. The van der Waals surface area contributed by atoms with Crippen LogP contribution in [0.5, 0.6) is 0 Å². The number of hydrogen-bond acceptors (Lipinski definition) is 14. The minimum Gasteiger partial charge on any atom is -0.458 e. The Labute approximate surface area is 193 Å². The summed E-state index contributed by atoms with van der Waals surface area (Å²) in [5.74, 6) is -2.13. The summed E-state index contributed by atoms with van der Waals surface area (Å²) in [6.07, 6.45) is 6.71. The average Bonchev–Trinajstić information content (AvgIpc) is 2.83. The first-order valence-corrected chi connectivity index (χ1v) is 9.84. The molecule has 0 saturated heterocycles. The summed E-state index contributed by atoms with van der Waals surface area (Å²) in [6, 6.07) is 0. The van der Waals surface area contributed by atoms with Gasteiger partial charge in [-0.1, -0.05) is 12.8 Å². The molecule has 0 aromatic rings. The van der Waals surface area contributed by atoms with Crippen LogP contribution in [0.2, 0.25) is 0 Å². The molecule has 0 radical (unpaired) electrons. The zero-order valence-electron chi connectivity index (χ0n) is 18.0. The number of ether oxygens (including phenoxy) is 2. The van der Waals surface area contributed by atoms with Crippen molar-refractivity contribution in [2.75, 3.05) is 26.4 Å². The molecule has 0 unspecified atom stereocenters. The first-order chi connectivity index (χ1) is 16.5. The lowest BCUT2D eigenvalue weighted by Crippen LogP contribution is -2.12. The Morgan fingerprint density at radius 3 is 1.24 bits per heavy atom. The number of hydrogen-bond donors (Lipinski definition) is 2. The molecule has 0 aliphatic rings. The normalized spacial score (nSPS) is 11.2. The molecule has 0 aliphatic carbocycles. The van der Waals surface area contributed by atoms with E-state index in [2.05, 4.69) is 29.4 Å². The van der Waals surface area contributed by atoms with E-state index in [-0.39, 0.29) is 37.4 Å². The maximum atomic E-state index is 11.9. The zero-order chi connectivity index (χ0) is 25.6. The van der Waals surface area contributed by atoms with Crippen molar-refractivity contribution in [1.82, 2.24) is 0 Å². The van der Waals surface area contributed by atoms with E-state index in [0.29, 0.717) is 25.7 Å². The highest BCUT2D eigenvalue weighted by atomic mass is 16.5. The number of unbranched alkanes of at least 4 members (excludes halogenated alkanes) is 3. The van der Waals surface area contributed by atoms with E-state index in [9.17, 15) is 28.8 Å². The molecule has 0 bridgehead atoms. The fourth-order valence-electron chi connectivity index (χ4n) is 2.46.